The predicted molar refractivity (Wildman–Crippen MR) is 81.0 cm³/mol. The number of ether oxygens (including phenoxy) is 1. The molecule has 124 valence electrons. The third-order valence-electron chi connectivity index (χ3n) is 6.64. The van der Waals surface area contributed by atoms with Crippen LogP contribution in [-0.2, 0) is 9.53 Å². The van der Waals surface area contributed by atoms with Crippen molar-refractivity contribution in [3.63, 3.8) is 0 Å². The molecule has 1 heterocycles. The van der Waals surface area contributed by atoms with Gasteiger partial charge in [0.2, 0.25) is 5.91 Å². The zero-order valence-corrected chi connectivity index (χ0v) is 14.0. The molecule has 0 unspecified atom stereocenters. The van der Waals surface area contributed by atoms with E-state index < -0.39 is 23.7 Å². The van der Waals surface area contributed by atoms with Crippen molar-refractivity contribution in [2.45, 2.75) is 77.5 Å². The number of aliphatic hydroxyl groups is 1. The van der Waals surface area contributed by atoms with E-state index in [2.05, 4.69) is 13.8 Å². The Hall–Kier alpha value is -1.10. The predicted octanol–water partition coefficient (Wildman–Crippen LogP) is 2.71. The lowest BCUT2D eigenvalue weighted by Gasteiger charge is -2.42. The summed E-state index contributed by atoms with van der Waals surface area (Å²) in [7, 11) is 0. The van der Waals surface area contributed by atoms with Crippen molar-refractivity contribution in [3.05, 3.63) is 0 Å². The minimum Gasteiger partial charge on any atom is -0.443 e. The maximum atomic E-state index is 13.0. The van der Waals surface area contributed by atoms with E-state index in [4.69, 9.17) is 4.74 Å². The molecule has 1 saturated heterocycles. The number of rotatable bonds is 4. The Balaban J connectivity index is 1.92. The Morgan fingerprint density at radius 1 is 1.50 bits per heavy atom. The van der Waals surface area contributed by atoms with E-state index in [0.29, 0.717) is 12.3 Å². The molecule has 1 aliphatic heterocycles. The number of amides is 2. The SMILES string of the molecule is CCC[C@@H](O)[C@@H](C)C(=O)N1C(=O)O[C@@H]2C[C@H]3CC[C@]21C3(C)C. The quantitative estimate of drug-likeness (QED) is 0.867. The van der Waals surface area contributed by atoms with Gasteiger partial charge in [-0.25, -0.2) is 9.69 Å². The maximum Gasteiger partial charge on any atom is 0.417 e. The van der Waals surface area contributed by atoms with Crippen molar-refractivity contribution >= 4 is 12.0 Å². The molecule has 2 aliphatic carbocycles. The van der Waals surface area contributed by atoms with Crippen molar-refractivity contribution in [2.24, 2.45) is 17.3 Å². The Morgan fingerprint density at radius 2 is 2.18 bits per heavy atom. The zero-order valence-electron chi connectivity index (χ0n) is 14.0. The minimum atomic E-state index is -0.706. The zero-order chi connectivity index (χ0) is 16.3. The van der Waals surface area contributed by atoms with Crippen molar-refractivity contribution in [2.75, 3.05) is 0 Å². The van der Waals surface area contributed by atoms with Gasteiger partial charge in [-0.2, -0.15) is 0 Å². The van der Waals surface area contributed by atoms with E-state index in [0.717, 1.165) is 25.7 Å². The second kappa shape index (κ2) is 4.95. The van der Waals surface area contributed by atoms with E-state index in [1.165, 1.54) is 4.90 Å². The fraction of sp³-hybridized carbons (Fsp3) is 0.882. The Labute approximate surface area is 132 Å². The standard InChI is InChI=1S/C17H27NO4/c1-5-6-12(19)10(2)14(20)18-15(21)22-13-9-11-7-8-17(13,18)16(11,3)4/h10-13,19H,5-9H2,1-4H3/t10-,11-,12-,13-,17-/m1/s1. The molecular weight excluding hydrogens is 282 g/mol. The van der Waals surface area contributed by atoms with Crippen LogP contribution in [0.1, 0.15) is 59.8 Å². The second-order valence-corrected chi connectivity index (χ2v) is 7.81. The lowest BCUT2D eigenvalue weighted by Crippen LogP contribution is -2.59. The van der Waals surface area contributed by atoms with Crippen LogP contribution in [0.25, 0.3) is 0 Å². The van der Waals surface area contributed by atoms with E-state index in [-0.39, 0.29) is 17.4 Å². The molecule has 5 heteroatoms. The highest BCUT2D eigenvalue weighted by atomic mass is 16.6. The number of imide groups is 1. The van der Waals surface area contributed by atoms with Crippen molar-refractivity contribution in [1.29, 1.82) is 0 Å². The molecule has 1 N–H and O–H groups in total. The van der Waals surface area contributed by atoms with Gasteiger partial charge in [0.1, 0.15) is 6.10 Å². The average Bonchev–Trinajstić information content (AvgIpc) is 2.97. The highest BCUT2D eigenvalue weighted by Crippen LogP contribution is 2.66. The molecule has 22 heavy (non-hydrogen) atoms. The molecule has 3 aliphatic rings. The van der Waals surface area contributed by atoms with E-state index in [9.17, 15) is 14.7 Å². The monoisotopic (exact) mass is 309 g/mol. The number of hydrogen-bond acceptors (Lipinski definition) is 4. The third kappa shape index (κ3) is 1.75. The highest BCUT2D eigenvalue weighted by molar-refractivity contribution is 5.96. The van der Waals surface area contributed by atoms with Gasteiger partial charge in [-0.1, -0.05) is 34.1 Å². The largest absolute Gasteiger partial charge is 0.443 e. The van der Waals surface area contributed by atoms with Gasteiger partial charge in [-0.05, 0) is 37.0 Å². The number of hydrogen-bond donors (Lipinski definition) is 1. The molecule has 1 spiro atoms. The summed E-state index contributed by atoms with van der Waals surface area (Å²) in [5, 5.41) is 10.2. The van der Waals surface area contributed by atoms with Gasteiger partial charge in [0.15, 0.2) is 0 Å². The summed E-state index contributed by atoms with van der Waals surface area (Å²) in [5.74, 6) is -0.350. The average molecular weight is 309 g/mol. The summed E-state index contributed by atoms with van der Waals surface area (Å²) in [4.78, 5) is 26.7. The maximum absolute atomic E-state index is 13.0. The van der Waals surface area contributed by atoms with Crippen LogP contribution in [-0.4, -0.2) is 39.8 Å². The Morgan fingerprint density at radius 3 is 2.77 bits per heavy atom. The fourth-order valence-corrected chi connectivity index (χ4v) is 5.10. The van der Waals surface area contributed by atoms with Crippen LogP contribution in [0, 0.1) is 17.3 Å². The molecule has 0 aromatic rings. The van der Waals surface area contributed by atoms with Gasteiger partial charge in [0, 0.05) is 0 Å². The Kier molecular flexibility index (Phi) is 3.55. The van der Waals surface area contributed by atoms with Gasteiger partial charge >= 0.3 is 6.09 Å². The number of fused-ring (bicyclic) bond motifs is 1. The normalized spacial score (nSPS) is 37.9. The van der Waals surface area contributed by atoms with E-state index >= 15 is 0 Å². The van der Waals surface area contributed by atoms with Crippen LogP contribution in [0.15, 0.2) is 0 Å². The number of carbonyl (C=O) groups excluding carboxylic acids is 2. The van der Waals surface area contributed by atoms with Gasteiger partial charge in [-0.3, -0.25) is 4.79 Å². The van der Waals surface area contributed by atoms with Gasteiger partial charge in [0.05, 0.1) is 17.6 Å². The lowest BCUT2D eigenvalue weighted by molar-refractivity contribution is -0.142. The molecule has 0 radical (unpaired) electrons. The number of nitrogens with zero attached hydrogens (tertiary/aromatic N) is 1. The molecule has 2 amide bonds. The summed E-state index contributed by atoms with van der Waals surface area (Å²) < 4.78 is 5.55. The van der Waals surface area contributed by atoms with E-state index in [1.807, 2.05) is 6.92 Å². The summed E-state index contributed by atoms with van der Waals surface area (Å²) in [6.45, 7) is 8.00. The van der Waals surface area contributed by atoms with E-state index in [1.54, 1.807) is 6.92 Å². The first-order valence-electron chi connectivity index (χ1n) is 8.50. The van der Waals surface area contributed by atoms with Gasteiger partial charge < -0.3 is 9.84 Å². The first-order chi connectivity index (χ1) is 10.3. The van der Waals surface area contributed by atoms with Crippen LogP contribution in [0.2, 0.25) is 0 Å². The fourth-order valence-electron chi connectivity index (χ4n) is 5.10. The van der Waals surface area contributed by atoms with Gasteiger partial charge in [-0.15, -0.1) is 0 Å². The molecule has 3 rings (SSSR count). The lowest BCUT2D eigenvalue weighted by atomic mass is 9.74. The van der Waals surface area contributed by atoms with Crippen molar-refractivity contribution < 1.29 is 19.4 Å². The first-order valence-corrected chi connectivity index (χ1v) is 8.50. The van der Waals surface area contributed by atoms with Gasteiger partial charge in [0.25, 0.3) is 0 Å². The van der Waals surface area contributed by atoms with Crippen LogP contribution in [0.3, 0.4) is 0 Å². The summed E-state index contributed by atoms with van der Waals surface area (Å²) in [5.41, 5.74) is -0.624. The van der Waals surface area contributed by atoms with Crippen LogP contribution < -0.4 is 0 Å². The topological polar surface area (TPSA) is 66.8 Å². The molecule has 2 bridgehead atoms. The molecule has 0 aromatic carbocycles. The Bertz CT molecular complexity index is 503. The van der Waals surface area contributed by atoms with Crippen LogP contribution in [0.4, 0.5) is 4.79 Å². The molecule has 3 fully saturated rings. The summed E-state index contributed by atoms with van der Waals surface area (Å²) in [6, 6.07) is 0. The third-order valence-corrected chi connectivity index (χ3v) is 6.64. The van der Waals surface area contributed by atoms with Crippen molar-refractivity contribution in [3.8, 4) is 0 Å². The molecular formula is C17H27NO4. The first kappa shape index (κ1) is 15.8. The highest BCUT2D eigenvalue weighted by Gasteiger charge is 2.74. The van der Waals surface area contributed by atoms with Crippen molar-refractivity contribution in [1.82, 2.24) is 4.90 Å². The molecule has 2 saturated carbocycles. The second-order valence-electron chi connectivity index (χ2n) is 7.81. The minimum absolute atomic E-state index is 0.116. The summed E-state index contributed by atoms with van der Waals surface area (Å²) in [6.07, 6.45) is 2.70. The smallest absolute Gasteiger partial charge is 0.417 e. The summed E-state index contributed by atoms with van der Waals surface area (Å²) >= 11 is 0. The van der Waals surface area contributed by atoms with Crippen LogP contribution >= 0.6 is 0 Å². The molecule has 5 atom stereocenters. The van der Waals surface area contributed by atoms with Crippen LogP contribution in [0.5, 0.6) is 0 Å². The number of aliphatic hydroxyl groups excluding tert-OH is 1. The number of carbonyl (C=O) groups is 2. The molecule has 0 aromatic heterocycles. The molecule has 5 nitrogen and oxygen atoms in total.